The Morgan fingerprint density at radius 1 is 1.09 bits per heavy atom. The smallest absolute Gasteiger partial charge is 0.200 e. The number of ether oxygens (including phenoxy) is 2. The Labute approximate surface area is 135 Å². The summed E-state index contributed by atoms with van der Waals surface area (Å²) < 4.78 is 10.6. The lowest BCUT2D eigenvalue weighted by Crippen LogP contribution is -2.26. The Morgan fingerprint density at radius 3 is 2.50 bits per heavy atom. The van der Waals surface area contributed by atoms with E-state index < -0.39 is 6.29 Å². The van der Waals surface area contributed by atoms with Crippen molar-refractivity contribution in [3.63, 3.8) is 0 Å². The minimum absolute atomic E-state index is 0.445. The van der Waals surface area contributed by atoms with E-state index in [4.69, 9.17) is 26.1 Å². The molecule has 0 atom stereocenters. The highest BCUT2D eigenvalue weighted by Gasteiger charge is 2.22. The molecule has 0 unspecified atom stereocenters. The van der Waals surface area contributed by atoms with Crippen molar-refractivity contribution in [2.24, 2.45) is 0 Å². The second kappa shape index (κ2) is 6.65. The molecule has 5 heteroatoms. The molecule has 2 heterocycles. The van der Waals surface area contributed by atoms with E-state index >= 15 is 0 Å². The largest absolute Gasteiger partial charge is 0.350 e. The molecule has 116 valence electrons. The number of halogens is 1. The molecule has 2 aromatic rings. The molecule has 0 fully saturated rings. The molecule has 0 bridgehead atoms. The first-order valence-corrected chi connectivity index (χ1v) is 7.69. The molecule has 0 radical (unpaired) electrons. The van der Waals surface area contributed by atoms with Crippen molar-refractivity contribution in [1.82, 2.24) is 4.98 Å². The zero-order chi connectivity index (χ0) is 15.5. The quantitative estimate of drug-likeness (QED) is 0.795. The molecule has 1 aliphatic rings. The van der Waals surface area contributed by atoms with Crippen LogP contribution >= 0.6 is 11.6 Å². The van der Waals surface area contributed by atoms with Gasteiger partial charge in [-0.3, -0.25) is 0 Å². The maximum Gasteiger partial charge on any atom is 0.200 e. The van der Waals surface area contributed by atoms with Crippen LogP contribution < -0.4 is 4.90 Å². The lowest BCUT2D eigenvalue weighted by molar-refractivity contribution is -0.108. The lowest BCUT2D eigenvalue weighted by Gasteiger charge is -2.31. The number of hydrogen-bond donors (Lipinski definition) is 0. The van der Waals surface area contributed by atoms with E-state index in [0.29, 0.717) is 0 Å². The first kappa shape index (κ1) is 15.3. The summed E-state index contributed by atoms with van der Waals surface area (Å²) in [5.74, 6) is 0.977. The number of methoxy groups -OCH3 is 2. The number of hydrogen-bond acceptors (Lipinski definition) is 4. The summed E-state index contributed by atoms with van der Waals surface area (Å²) in [6.07, 6.45) is 1.70. The summed E-state index contributed by atoms with van der Waals surface area (Å²) in [5.41, 5.74) is 3.13. The van der Waals surface area contributed by atoms with E-state index in [1.165, 1.54) is 5.56 Å². The number of anilines is 2. The number of aromatic nitrogens is 1. The molecule has 1 aromatic heterocycles. The third-order valence-electron chi connectivity index (χ3n) is 3.87. The molecule has 22 heavy (non-hydrogen) atoms. The maximum atomic E-state index is 5.99. The summed E-state index contributed by atoms with van der Waals surface area (Å²) in [6, 6.07) is 11.9. The van der Waals surface area contributed by atoms with Gasteiger partial charge in [0.25, 0.3) is 0 Å². The fourth-order valence-electron chi connectivity index (χ4n) is 2.80. The summed E-state index contributed by atoms with van der Waals surface area (Å²) in [7, 11) is 3.23. The maximum absolute atomic E-state index is 5.99. The van der Waals surface area contributed by atoms with Crippen LogP contribution in [0.2, 0.25) is 5.02 Å². The topological polar surface area (TPSA) is 34.6 Å². The van der Waals surface area contributed by atoms with Gasteiger partial charge in [-0.1, -0.05) is 17.7 Å². The average molecular weight is 319 g/mol. The van der Waals surface area contributed by atoms with E-state index in [1.54, 1.807) is 14.2 Å². The lowest BCUT2D eigenvalue weighted by atomic mass is 10.0. The van der Waals surface area contributed by atoms with Gasteiger partial charge in [-0.25, -0.2) is 4.98 Å². The molecular weight excluding hydrogens is 300 g/mol. The zero-order valence-electron chi connectivity index (χ0n) is 12.8. The van der Waals surface area contributed by atoms with Crippen LogP contribution in [0.1, 0.15) is 24.0 Å². The molecule has 1 aromatic carbocycles. The molecular formula is C17H19ClN2O2. The van der Waals surface area contributed by atoms with Crippen LogP contribution in [0, 0.1) is 0 Å². The number of aryl methyl sites for hydroxylation is 1. The van der Waals surface area contributed by atoms with Gasteiger partial charge in [0.1, 0.15) is 5.82 Å². The molecule has 0 saturated heterocycles. The van der Waals surface area contributed by atoms with E-state index in [-0.39, 0.29) is 0 Å². The number of nitrogens with zero attached hydrogens (tertiary/aromatic N) is 2. The highest BCUT2D eigenvalue weighted by Crippen LogP contribution is 2.33. The third kappa shape index (κ3) is 2.95. The number of fused-ring (bicyclic) bond motifs is 1. The Kier molecular flexibility index (Phi) is 4.62. The molecule has 4 nitrogen and oxygen atoms in total. The standard InChI is InChI=1S/C17H19ClN2O2/c1-21-17(22-2)15-10-5-12-4-3-11-20(16(12)19-15)14-8-6-13(18)7-9-14/h5-10,17H,3-4,11H2,1-2H3. The molecule has 3 rings (SSSR count). The van der Waals surface area contributed by atoms with Crippen molar-refractivity contribution < 1.29 is 9.47 Å². The van der Waals surface area contributed by atoms with E-state index in [1.807, 2.05) is 30.3 Å². The predicted octanol–water partition coefficient (Wildman–Crippen LogP) is 4.11. The Morgan fingerprint density at radius 2 is 1.82 bits per heavy atom. The second-order valence-electron chi connectivity index (χ2n) is 5.25. The van der Waals surface area contributed by atoms with Gasteiger partial charge in [0, 0.05) is 31.5 Å². The van der Waals surface area contributed by atoms with Crippen LogP contribution in [-0.2, 0) is 15.9 Å². The molecule has 0 amide bonds. The summed E-state index contributed by atoms with van der Waals surface area (Å²) >= 11 is 5.99. The van der Waals surface area contributed by atoms with E-state index in [0.717, 1.165) is 41.6 Å². The van der Waals surface area contributed by atoms with Gasteiger partial charge in [-0.15, -0.1) is 0 Å². The van der Waals surface area contributed by atoms with E-state index in [9.17, 15) is 0 Å². The van der Waals surface area contributed by atoms with Crippen molar-refractivity contribution in [1.29, 1.82) is 0 Å². The molecule has 0 aliphatic carbocycles. The Bertz CT molecular complexity index is 642. The summed E-state index contributed by atoms with van der Waals surface area (Å²) in [5, 5.41) is 0.738. The number of rotatable bonds is 4. The number of pyridine rings is 1. The second-order valence-corrected chi connectivity index (χ2v) is 5.69. The molecule has 0 N–H and O–H groups in total. The fraction of sp³-hybridized carbons (Fsp3) is 0.353. The monoisotopic (exact) mass is 318 g/mol. The predicted molar refractivity (Wildman–Crippen MR) is 87.8 cm³/mol. The van der Waals surface area contributed by atoms with Crippen molar-refractivity contribution in [3.05, 3.63) is 52.7 Å². The normalized spacial score (nSPS) is 14.3. The minimum atomic E-state index is -0.445. The van der Waals surface area contributed by atoms with Crippen molar-refractivity contribution in [2.45, 2.75) is 19.1 Å². The van der Waals surface area contributed by atoms with Crippen molar-refractivity contribution in [3.8, 4) is 0 Å². The number of benzene rings is 1. The molecule has 0 spiro atoms. The summed E-state index contributed by atoms with van der Waals surface area (Å²) in [6.45, 7) is 0.940. The van der Waals surface area contributed by atoms with Gasteiger partial charge in [-0.05, 0) is 48.7 Å². The van der Waals surface area contributed by atoms with Crippen LogP contribution in [0.5, 0.6) is 0 Å². The minimum Gasteiger partial charge on any atom is -0.350 e. The van der Waals surface area contributed by atoms with E-state index in [2.05, 4.69) is 11.0 Å². The molecule has 1 aliphatic heterocycles. The van der Waals surface area contributed by atoms with Crippen LogP contribution in [0.3, 0.4) is 0 Å². The van der Waals surface area contributed by atoms with Gasteiger partial charge >= 0.3 is 0 Å². The Balaban J connectivity index is 2.00. The van der Waals surface area contributed by atoms with Crippen LogP contribution in [0.25, 0.3) is 0 Å². The van der Waals surface area contributed by atoms with Crippen LogP contribution in [0.4, 0.5) is 11.5 Å². The van der Waals surface area contributed by atoms with Gasteiger partial charge in [0.15, 0.2) is 0 Å². The average Bonchev–Trinajstić information content (AvgIpc) is 2.56. The van der Waals surface area contributed by atoms with Gasteiger partial charge in [0.2, 0.25) is 6.29 Å². The highest BCUT2D eigenvalue weighted by molar-refractivity contribution is 6.30. The highest BCUT2D eigenvalue weighted by atomic mass is 35.5. The third-order valence-corrected chi connectivity index (χ3v) is 4.12. The summed E-state index contributed by atoms with van der Waals surface area (Å²) in [4.78, 5) is 7.00. The van der Waals surface area contributed by atoms with Crippen molar-refractivity contribution >= 4 is 23.1 Å². The Hall–Kier alpha value is -1.62. The van der Waals surface area contributed by atoms with Crippen LogP contribution in [0.15, 0.2) is 36.4 Å². The zero-order valence-corrected chi connectivity index (χ0v) is 13.5. The first-order chi connectivity index (χ1) is 10.7. The first-order valence-electron chi connectivity index (χ1n) is 7.31. The molecule has 0 saturated carbocycles. The fourth-order valence-corrected chi connectivity index (χ4v) is 2.92. The van der Waals surface area contributed by atoms with Crippen molar-refractivity contribution in [2.75, 3.05) is 25.7 Å². The van der Waals surface area contributed by atoms with Gasteiger partial charge < -0.3 is 14.4 Å². The van der Waals surface area contributed by atoms with Gasteiger partial charge in [0.05, 0.1) is 5.69 Å². The SMILES string of the molecule is COC(OC)c1ccc2c(n1)N(c1ccc(Cl)cc1)CCC2. The van der Waals surface area contributed by atoms with Crippen LogP contribution in [-0.4, -0.2) is 25.7 Å². The van der Waals surface area contributed by atoms with Gasteiger partial charge in [-0.2, -0.15) is 0 Å².